The van der Waals surface area contributed by atoms with Crippen LogP contribution in [0.1, 0.15) is 74.3 Å². The van der Waals surface area contributed by atoms with Crippen LogP contribution in [0.2, 0.25) is 0 Å². The molecule has 0 bridgehead atoms. The van der Waals surface area contributed by atoms with Gasteiger partial charge in [0.2, 0.25) is 5.71 Å². The predicted molar refractivity (Wildman–Crippen MR) is 115 cm³/mol. The van der Waals surface area contributed by atoms with E-state index in [4.69, 9.17) is 0 Å². The summed E-state index contributed by atoms with van der Waals surface area (Å²) in [6.07, 6.45) is 7.06. The molecule has 2 aromatic carbocycles. The van der Waals surface area contributed by atoms with Gasteiger partial charge in [-0.15, -0.1) is 0 Å². The quantitative estimate of drug-likeness (QED) is 0.575. The van der Waals surface area contributed by atoms with E-state index in [0.29, 0.717) is 0 Å². The van der Waals surface area contributed by atoms with Crippen molar-refractivity contribution in [3.8, 4) is 0 Å². The summed E-state index contributed by atoms with van der Waals surface area (Å²) in [4.78, 5) is 0. The molecule has 2 aliphatic rings. The zero-order chi connectivity index (χ0) is 19.0. The first-order chi connectivity index (χ1) is 13.2. The average Bonchev–Trinajstić information content (AvgIpc) is 2.72. The zero-order valence-corrected chi connectivity index (χ0v) is 17.1. The van der Waals surface area contributed by atoms with Gasteiger partial charge < -0.3 is 0 Å². The molecule has 0 unspecified atom stereocenters. The van der Waals surface area contributed by atoms with Gasteiger partial charge in [0.05, 0.1) is 16.5 Å². The van der Waals surface area contributed by atoms with Crippen molar-refractivity contribution in [2.45, 2.75) is 64.7 Å². The summed E-state index contributed by atoms with van der Waals surface area (Å²) in [5.74, 6) is 0. The van der Waals surface area contributed by atoms with Crippen molar-refractivity contribution in [2.24, 2.45) is 0 Å². The lowest BCUT2D eigenvalue weighted by molar-refractivity contribution is -0.488. The van der Waals surface area contributed by atoms with Crippen molar-refractivity contribution in [2.75, 3.05) is 6.54 Å². The monoisotopic (exact) mass is 358 g/mol. The number of nitrogens with zero attached hydrogens (tertiary/aromatic N) is 1. The van der Waals surface area contributed by atoms with Gasteiger partial charge in [0, 0.05) is 6.42 Å². The van der Waals surface area contributed by atoms with Crippen LogP contribution in [-0.2, 0) is 18.3 Å². The van der Waals surface area contributed by atoms with E-state index in [-0.39, 0.29) is 5.41 Å². The van der Waals surface area contributed by atoms with Crippen LogP contribution >= 0.6 is 0 Å². The highest BCUT2D eigenvalue weighted by Crippen LogP contribution is 2.45. The van der Waals surface area contributed by atoms with Gasteiger partial charge in [0.1, 0.15) is 0 Å². The lowest BCUT2D eigenvalue weighted by atomic mass is 9.67. The molecule has 2 heterocycles. The van der Waals surface area contributed by atoms with E-state index in [1.807, 2.05) is 0 Å². The average molecular weight is 359 g/mol. The Kier molecular flexibility index (Phi) is 4.80. The molecule has 0 spiro atoms. The van der Waals surface area contributed by atoms with Gasteiger partial charge in [-0.05, 0) is 61.1 Å². The highest BCUT2D eigenvalue weighted by atomic mass is 15.1. The molecule has 0 saturated heterocycles. The highest BCUT2D eigenvalue weighted by molar-refractivity contribution is 6.13. The third-order valence-electron chi connectivity index (χ3n) is 6.97. The van der Waals surface area contributed by atoms with Gasteiger partial charge in [0.25, 0.3) is 0 Å². The fourth-order valence-electron chi connectivity index (χ4n) is 5.35. The van der Waals surface area contributed by atoms with E-state index >= 15 is 0 Å². The summed E-state index contributed by atoms with van der Waals surface area (Å²) in [5.41, 5.74) is 10.2. The number of fused-ring (bicyclic) bond motifs is 4. The fourth-order valence-corrected chi connectivity index (χ4v) is 5.35. The Bertz CT molecular complexity index is 912. The van der Waals surface area contributed by atoms with Gasteiger partial charge in [-0.25, -0.2) is 0 Å². The molecule has 2 aromatic rings. The largest absolute Gasteiger partial charge is 0.220 e. The smallest absolute Gasteiger partial charge is 0.194 e. The second kappa shape index (κ2) is 7.11. The third-order valence-corrected chi connectivity index (χ3v) is 6.97. The van der Waals surface area contributed by atoms with Gasteiger partial charge in [-0.2, -0.15) is 4.58 Å². The molecule has 0 fully saturated rings. The molecule has 0 atom stereocenters. The Morgan fingerprint density at radius 2 is 1.70 bits per heavy atom. The molecule has 0 N–H and O–H groups in total. The maximum atomic E-state index is 4.64. The van der Waals surface area contributed by atoms with Crippen molar-refractivity contribution in [1.29, 1.82) is 0 Å². The van der Waals surface area contributed by atoms with Crippen LogP contribution in [0, 0.1) is 0 Å². The molecule has 0 aliphatic carbocycles. The summed E-state index contributed by atoms with van der Waals surface area (Å²) in [7, 11) is 0. The van der Waals surface area contributed by atoms with Crippen molar-refractivity contribution in [3.63, 3.8) is 0 Å². The minimum absolute atomic E-state index is 0.0669. The number of rotatable bonds is 5. The lowest BCUT2D eigenvalue weighted by Gasteiger charge is -2.38. The molecule has 0 radical (unpaired) electrons. The van der Waals surface area contributed by atoms with Gasteiger partial charge >= 0.3 is 0 Å². The second-order valence-electron chi connectivity index (χ2n) is 8.08. The third kappa shape index (κ3) is 2.63. The minimum Gasteiger partial charge on any atom is -0.194 e. The molecule has 1 heteroatoms. The molecule has 2 aliphatic heterocycles. The van der Waals surface area contributed by atoms with Crippen LogP contribution in [-0.4, -0.2) is 16.8 Å². The van der Waals surface area contributed by atoms with Crippen molar-refractivity contribution < 1.29 is 4.58 Å². The Labute approximate surface area is 164 Å². The van der Waals surface area contributed by atoms with E-state index in [2.05, 4.69) is 74.4 Å². The summed E-state index contributed by atoms with van der Waals surface area (Å²) >= 11 is 0. The molecule has 1 nitrogen and oxygen atoms in total. The summed E-state index contributed by atoms with van der Waals surface area (Å²) < 4.78 is 2.54. The van der Waals surface area contributed by atoms with Crippen LogP contribution < -0.4 is 0 Å². The fraction of sp³-hybridized carbons (Fsp3) is 0.423. The SMILES string of the molecule is C=C1[N+]2=C(c3ccccc3C1(CC)CC)c1cccc(CCCC)c1CC2. The second-order valence-corrected chi connectivity index (χ2v) is 8.08. The van der Waals surface area contributed by atoms with Crippen LogP contribution in [0.25, 0.3) is 0 Å². The first-order valence-corrected chi connectivity index (χ1v) is 10.7. The highest BCUT2D eigenvalue weighted by Gasteiger charge is 2.48. The lowest BCUT2D eigenvalue weighted by Crippen LogP contribution is -2.44. The van der Waals surface area contributed by atoms with Crippen LogP contribution in [0.4, 0.5) is 0 Å². The van der Waals surface area contributed by atoms with Crippen molar-refractivity contribution in [3.05, 3.63) is 82.6 Å². The first kappa shape index (κ1) is 18.2. The molecule has 0 saturated carbocycles. The Morgan fingerprint density at radius 3 is 2.44 bits per heavy atom. The minimum atomic E-state index is 0.0669. The van der Waals surface area contributed by atoms with Gasteiger partial charge in [0.15, 0.2) is 12.2 Å². The standard InChI is InChI=1S/C26H32N/c1-5-8-12-20-13-11-15-22-21(20)17-18-27-19(4)26(6-2,7-3)24-16-10-9-14-23(24)25(22)27/h9-11,13-16H,4-8,12,17-18H2,1-3H3/q+1. The Morgan fingerprint density at radius 1 is 0.963 bits per heavy atom. The number of hydrogen-bond acceptors (Lipinski definition) is 0. The number of aryl methyl sites for hydroxylation is 1. The van der Waals surface area contributed by atoms with E-state index in [1.54, 1.807) is 11.1 Å². The normalized spacial score (nSPS) is 17.4. The number of hydrogen-bond donors (Lipinski definition) is 0. The summed E-state index contributed by atoms with van der Waals surface area (Å²) in [6, 6.07) is 16.0. The molecular weight excluding hydrogens is 326 g/mol. The van der Waals surface area contributed by atoms with Crippen LogP contribution in [0.15, 0.2) is 54.7 Å². The number of unbranched alkanes of at least 4 members (excludes halogenated alkanes) is 1. The van der Waals surface area contributed by atoms with Gasteiger partial charge in [-0.1, -0.05) is 57.5 Å². The predicted octanol–water partition coefficient (Wildman–Crippen LogP) is 6.02. The van der Waals surface area contributed by atoms with Gasteiger partial charge in [-0.3, -0.25) is 0 Å². The van der Waals surface area contributed by atoms with Crippen molar-refractivity contribution >= 4 is 5.71 Å². The van der Waals surface area contributed by atoms with E-state index in [0.717, 1.165) is 25.8 Å². The summed E-state index contributed by atoms with van der Waals surface area (Å²) in [5, 5.41) is 0. The molecule has 0 aromatic heterocycles. The summed E-state index contributed by atoms with van der Waals surface area (Å²) in [6.45, 7) is 12.6. The molecule has 4 rings (SSSR count). The maximum absolute atomic E-state index is 4.64. The zero-order valence-electron chi connectivity index (χ0n) is 17.1. The number of benzene rings is 2. The van der Waals surface area contributed by atoms with E-state index in [9.17, 15) is 0 Å². The van der Waals surface area contributed by atoms with Crippen LogP contribution in [0.3, 0.4) is 0 Å². The Balaban J connectivity index is 1.96. The van der Waals surface area contributed by atoms with Crippen LogP contribution in [0.5, 0.6) is 0 Å². The molecule has 140 valence electrons. The number of allylic oxidation sites excluding steroid dienone is 1. The molecule has 27 heavy (non-hydrogen) atoms. The molecular formula is C26H32N+. The topological polar surface area (TPSA) is 3.01 Å². The Hall–Kier alpha value is -2.15. The first-order valence-electron chi connectivity index (χ1n) is 10.7. The van der Waals surface area contributed by atoms with E-state index in [1.165, 1.54) is 47.4 Å². The molecule has 0 amide bonds. The van der Waals surface area contributed by atoms with E-state index < -0.39 is 0 Å². The van der Waals surface area contributed by atoms with Crippen molar-refractivity contribution in [1.82, 2.24) is 0 Å². The maximum Gasteiger partial charge on any atom is 0.220 e.